The molecular weight excluding hydrogens is 246 g/mol. The van der Waals surface area contributed by atoms with Crippen LogP contribution >= 0.6 is 0 Å². The number of hydrogen-bond acceptors (Lipinski definition) is 3. The third kappa shape index (κ3) is 6.96. The lowest BCUT2D eigenvalue weighted by molar-refractivity contribution is -0.133. The molecule has 0 aromatic carbocycles. The van der Waals surface area contributed by atoms with Crippen LogP contribution in [0.4, 0.5) is 0 Å². The van der Waals surface area contributed by atoms with Gasteiger partial charge in [-0.15, -0.1) is 0 Å². The molecule has 0 rings (SSSR count). The molecule has 110 valence electrons. The summed E-state index contributed by atoms with van der Waals surface area (Å²) in [6, 6.07) is 0. The highest BCUT2D eigenvalue weighted by atomic mass is 16.4. The molecule has 0 radical (unpaired) electrons. The lowest BCUT2D eigenvalue weighted by Crippen LogP contribution is -2.30. The zero-order chi connectivity index (χ0) is 15.2. The second-order valence-corrected chi connectivity index (χ2v) is 5.40. The first kappa shape index (κ1) is 17.6. The van der Waals surface area contributed by atoms with Gasteiger partial charge in [-0.2, -0.15) is 0 Å². The number of rotatable bonds is 7. The lowest BCUT2D eigenvalue weighted by atomic mass is 9.90. The van der Waals surface area contributed by atoms with Crippen molar-refractivity contribution >= 4 is 11.9 Å². The molecular formula is C14H25NO4. The Bertz CT molecular complexity index is 349. The van der Waals surface area contributed by atoms with Gasteiger partial charge in [0.05, 0.1) is 12.5 Å². The van der Waals surface area contributed by atoms with E-state index in [2.05, 4.69) is 0 Å². The molecule has 1 amide bonds. The number of carbonyl (C=O) groups excluding carboxylic acids is 1. The summed E-state index contributed by atoms with van der Waals surface area (Å²) >= 11 is 0. The van der Waals surface area contributed by atoms with Gasteiger partial charge in [0.1, 0.15) is 0 Å². The van der Waals surface area contributed by atoms with Crippen molar-refractivity contribution in [3.63, 3.8) is 0 Å². The van der Waals surface area contributed by atoms with Crippen molar-refractivity contribution in [2.45, 2.75) is 39.7 Å². The van der Waals surface area contributed by atoms with Gasteiger partial charge in [-0.1, -0.05) is 19.9 Å². The molecule has 0 aromatic heterocycles. The summed E-state index contributed by atoms with van der Waals surface area (Å²) in [6.45, 7) is 5.33. The van der Waals surface area contributed by atoms with E-state index >= 15 is 0 Å². The number of amides is 1. The summed E-state index contributed by atoms with van der Waals surface area (Å²) in [5.41, 5.74) is 0.304. The Balaban J connectivity index is 4.36. The summed E-state index contributed by atoms with van der Waals surface area (Å²) < 4.78 is 0. The summed E-state index contributed by atoms with van der Waals surface area (Å²) in [6.07, 6.45) is 1.73. The average Bonchev–Trinajstić information content (AvgIpc) is 2.27. The largest absolute Gasteiger partial charge is 0.478 e. The molecule has 5 nitrogen and oxygen atoms in total. The summed E-state index contributed by atoms with van der Waals surface area (Å²) in [5, 5.41) is 18.7. The normalized spacial score (nSPS) is 16.6. The monoisotopic (exact) mass is 271 g/mol. The SMILES string of the molecule is C/C(=C\C(C)CC(C)C(O)CC(=O)N(C)C)C(=O)O. The Labute approximate surface area is 114 Å². The van der Waals surface area contributed by atoms with E-state index in [-0.39, 0.29) is 24.2 Å². The zero-order valence-corrected chi connectivity index (χ0v) is 12.4. The van der Waals surface area contributed by atoms with Crippen LogP contribution < -0.4 is 0 Å². The fourth-order valence-corrected chi connectivity index (χ4v) is 1.87. The van der Waals surface area contributed by atoms with Gasteiger partial charge < -0.3 is 15.1 Å². The Morgan fingerprint density at radius 2 is 1.79 bits per heavy atom. The number of aliphatic hydroxyl groups excluding tert-OH is 1. The van der Waals surface area contributed by atoms with E-state index in [1.54, 1.807) is 27.1 Å². The van der Waals surface area contributed by atoms with E-state index in [0.717, 1.165) is 0 Å². The maximum atomic E-state index is 11.5. The van der Waals surface area contributed by atoms with Crippen molar-refractivity contribution in [3.8, 4) is 0 Å². The van der Waals surface area contributed by atoms with Crippen molar-refractivity contribution in [1.29, 1.82) is 0 Å². The van der Waals surface area contributed by atoms with Gasteiger partial charge in [0, 0.05) is 19.7 Å². The topological polar surface area (TPSA) is 77.8 Å². The third-order valence-corrected chi connectivity index (χ3v) is 3.15. The number of aliphatic carboxylic acids is 1. The molecule has 0 aliphatic rings. The number of nitrogens with zero attached hydrogens (tertiary/aromatic N) is 1. The molecule has 0 heterocycles. The summed E-state index contributed by atoms with van der Waals surface area (Å²) in [4.78, 5) is 23.6. The molecule has 0 spiro atoms. The quantitative estimate of drug-likeness (QED) is 0.688. The highest BCUT2D eigenvalue weighted by Crippen LogP contribution is 2.20. The molecule has 0 aliphatic carbocycles. The van der Waals surface area contributed by atoms with Crippen molar-refractivity contribution in [2.24, 2.45) is 11.8 Å². The van der Waals surface area contributed by atoms with Crippen molar-refractivity contribution in [2.75, 3.05) is 14.1 Å². The minimum atomic E-state index is -0.928. The minimum absolute atomic E-state index is 0.0511. The van der Waals surface area contributed by atoms with Gasteiger partial charge in [-0.3, -0.25) is 4.79 Å². The fourth-order valence-electron chi connectivity index (χ4n) is 1.87. The molecule has 0 saturated heterocycles. The standard InChI is InChI=1S/C14H25NO4/c1-9(7-11(3)14(18)19)6-10(2)12(16)8-13(17)15(4)5/h7,9-10,12,16H,6,8H2,1-5H3,(H,18,19)/b11-7+. The van der Waals surface area contributed by atoms with Gasteiger partial charge in [0.25, 0.3) is 0 Å². The summed E-state index contributed by atoms with van der Waals surface area (Å²) in [5.74, 6) is -1.04. The van der Waals surface area contributed by atoms with Gasteiger partial charge in [0.2, 0.25) is 5.91 Å². The van der Waals surface area contributed by atoms with E-state index in [9.17, 15) is 14.7 Å². The Morgan fingerprint density at radius 3 is 2.21 bits per heavy atom. The molecule has 0 aromatic rings. The van der Waals surface area contributed by atoms with E-state index in [4.69, 9.17) is 5.11 Å². The van der Waals surface area contributed by atoms with E-state index in [1.807, 2.05) is 13.8 Å². The molecule has 0 saturated carbocycles. The van der Waals surface area contributed by atoms with Crippen LogP contribution in [0.25, 0.3) is 0 Å². The zero-order valence-electron chi connectivity index (χ0n) is 12.4. The Hall–Kier alpha value is -1.36. The molecule has 5 heteroatoms. The second kappa shape index (κ2) is 7.94. The maximum Gasteiger partial charge on any atom is 0.330 e. The van der Waals surface area contributed by atoms with Crippen LogP contribution in [0.15, 0.2) is 11.6 Å². The number of allylic oxidation sites excluding steroid dienone is 1. The second-order valence-electron chi connectivity index (χ2n) is 5.40. The van der Waals surface area contributed by atoms with Crippen molar-refractivity contribution in [1.82, 2.24) is 4.90 Å². The summed E-state index contributed by atoms with van der Waals surface area (Å²) in [7, 11) is 3.31. The maximum absolute atomic E-state index is 11.5. The van der Waals surface area contributed by atoms with Crippen LogP contribution in [0.3, 0.4) is 0 Å². The lowest BCUT2D eigenvalue weighted by Gasteiger charge is -2.22. The molecule has 3 atom stereocenters. The van der Waals surface area contributed by atoms with Crippen LogP contribution in [-0.2, 0) is 9.59 Å². The first-order valence-electron chi connectivity index (χ1n) is 6.45. The van der Waals surface area contributed by atoms with Crippen molar-refractivity contribution < 1.29 is 19.8 Å². The van der Waals surface area contributed by atoms with Gasteiger partial charge >= 0.3 is 5.97 Å². The van der Waals surface area contributed by atoms with Crippen LogP contribution in [0, 0.1) is 11.8 Å². The molecule has 3 unspecified atom stereocenters. The first-order valence-corrected chi connectivity index (χ1v) is 6.45. The van der Waals surface area contributed by atoms with Crippen LogP contribution in [0.5, 0.6) is 0 Å². The number of carboxylic acids is 1. The fraction of sp³-hybridized carbons (Fsp3) is 0.714. The number of carbonyl (C=O) groups is 2. The van der Waals surface area contributed by atoms with E-state index in [1.165, 1.54) is 4.90 Å². The van der Waals surface area contributed by atoms with Gasteiger partial charge in [0.15, 0.2) is 0 Å². The van der Waals surface area contributed by atoms with Crippen LogP contribution in [0.1, 0.15) is 33.6 Å². The number of hydrogen-bond donors (Lipinski definition) is 2. The van der Waals surface area contributed by atoms with E-state index in [0.29, 0.717) is 12.0 Å². The van der Waals surface area contributed by atoms with Crippen molar-refractivity contribution in [3.05, 3.63) is 11.6 Å². The van der Waals surface area contributed by atoms with Crippen LogP contribution in [0.2, 0.25) is 0 Å². The smallest absolute Gasteiger partial charge is 0.330 e. The third-order valence-electron chi connectivity index (χ3n) is 3.15. The number of aliphatic hydroxyl groups is 1. The molecule has 0 fully saturated rings. The average molecular weight is 271 g/mol. The van der Waals surface area contributed by atoms with E-state index < -0.39 is 12.1 Å². The highest BCUT2D eigenvalue weighted by molar-refractivity contribution is 5.85. The first-order chi connectivity index (χ1) is 8.65. The van der Waals surface area contributed by atoms with Gasteiger partial charge in [-0.05, 0) is 25.2 Å². The Morgan fingerprint density at radius 1 is 1.26 bits per heavy atom. The molecule has 0 bridgehead atoms. The predicted molar refractivity (Wildman–Crippen MR) is 73.7 cm³/mol. The Kier molecular flexibility index (Phi) is 7.37. The molecule has 0 aliphatic heterocycles. The molecule has 2 N–H and O–H groups in total. The predicted octanol–water partition coefficient (Wildman–Crippen LogP) is 1.52. The van der Waals surface area contributed by atoms with Crippen LogP contribution in [-0.4, -0.2) is 47.2 Å². The van der Waals surface area contributed by atoms with Gasteiger partial charge in [-0.25, -0.2) is 4.79 Å². The minimum Gasteiger partial charge on any atom is -0.478 e. The molecule has 19 heavy (non-hydrogen) atoms. The highest BCUT2D eigenvalue weighted by Gasteiger charge is 2.20. The number of carboxylic acid groups (broad SMARTS) is 1.